The second-order valence-electron chi connectivity index (χ2n) is 30.7. The van der Waals surface area contributed by atoms with Gasteiger partial charge in [0, 0.05) is 25.7 Å². The molecule has 0 radical (unpaired) electrons. The van der Waals surface area contributed by atoms with Crippen LogP contribution in [-0.2, 0) is 65.4 Å². The SMILES string of the molecule is CCCCCCCCCCCCCCCCCCCCCCCC(=O)O[C@H](COC(=O)CCCCCCCCCCCCCCCCCCC(C)C)COP(=O)(O)OC[C@@H](O)COP(=O)(O)OC[C@@H](COC(=O)CCCCCCCCCCCCC)OC(=O)CCCCCCCCCCCCCC. The Morgan fingerprint density at radius 2 is 0.447 bits per heavy atom. The molecule has 3 N–H and O–H groups in total. The molecule has 0 aliphatic heterocycles. The number of unbranched alkanes of at least 4 members (excludes halogenated alkanes) is 56. The predicted molar refractivity (Wildman–Crippen MR) is 423 cm³/mol. The Morgan fingerprint density at radius 3 is 0.660 bits per heavy atom. The van der Waals surface area contributed by atoms with E-state index in [4.69, 9.17) is 37.0 Å². The number of aliphatic hydroxyl groups excluding tert-OH is 1. The summed E-state index contributed by atoms with van der Waals surface area (Å²) in [5, 5.41) is 10.7. The summed E-state index contributed by atoms with van der Waals surface area (Å²) < 4.78 is 68.8. The highest BCUT2D eigenvalue weighted by Gasteiger charge is 2.30. The van der Waals surface area contributed by atoms with E-state index in [1.165, 1.54) is 276 Å². The zero-order valence-electron chi connectivity index (χ0n) is 67.5. The van der Waals surface area contributed by atoms with Crippen molar-refractivity contribution >= 4 is 39.5 Å². The molecule has 0 saturated carbocycles. The molecular weight excluding hydrogens is 1340 g/mol. The van der Waals surface area contributed by atoms with Gasteiger partial charge in [-0.15, -0.1) is 0 Å². The highest BCUT2D eigenvalue weighted by molar-refractivity contribution is 7.47. The zero-order chi connectivity index (χ0) is 75.5. The number of esters is 4. The average molecular weight is 1510 g/mol. The average Bonchev–Trinajstić information content (AvgIpc) is 0.913. The Labute approximate surface area is 632 Å². The lowest BCUT2D eigenvalue weighted by Crippen LogP contribution is -2.30. The van der Waals surface area contributed by atoms with Gasteiger partial charge in [-0.3, -0.25) is 37.3 Å². The summed E-state index contributed by atoms with van der Waals surface area (Å²) in [5.41, 5.74) is 0. The van der Waals surface area contributed by atoms with Crippen molar-refractivity contribution in [2.45, 2.75) is 470 Å². The van der Waals surface area contributed by atoms with Crippen LogP contribution in [0.3, 0.4) is 0 Å². The Hall–Kier alpha value is -1.94. The molecule has 0 heterocycles. The monoisotopic (exact) mass is 1510 g/mol. The largest absolute Gasteiger partial charge is 0.472 e. The van der Waals surface area contributed by atoms with Gasteiger partial charge >= 0.3 is 39.5 Å². The molecule has 612 valence electrons. The molecule has 0 aromatic heterocycles. The number of ether oxygens (including phenoxy) is 4. The van der Waals surface area contributed by atoms with Crippen LogP contribution in [-0.4, -0.2) is 96.7 Å². The van der Waals surface area contributed by atoms with Crippen LogP contribution in [0.5, 0.6) is 0 Å². The molecule has 0 spiro atoms. The summed E-state index contributed by atoms with van der Waals surface area (Å²) in [7, 11) is -9.92. The van der Waals surface area contributed by atoms with Gasteiger partial charge in [0.05, 0.1) is 26.4 Å². The third-order valence-corrected chi connectivity index (χ3v) is 21.7. The number of rotatable bonds is 84. The summed E-state index contributed by atoms with van der Waals surface area (Å²) in [5.74, 6) is -1.29. The Bertz CT molecular complexity index is 1960. The van der Waals surface area contributed by atoms with Crippen LogP contribution in [0, 0.1) is 5.92 Å². The van der Waals surface area contributed by atoms with Crippen molar-refractivity contribution in [1.29, 1.82) is 0 Å². The fourth-order valence-electron chi connectivity index (χ4n) is 13.1. The van der Waals surface area contributed by atoms with Gasteiger partial charge in [0.15, 0.2) is 12.2 Å². The van der Waals surface area contributed by atoms with Crippen LogP contribution in [0.15, 0.2) is 0 Å². The topological polar surface area (TPSA) is 237 Å². The van der Waals surface area contributed by atoms with Crippen LogP contribution in [0.25, 0.3) is 0 Å². The molecule has 0 amide bonds. The van der Waals surface area contributed by atoms with Gasteiger partial charge in [-0.25, -0.2) is 9.13 Å². The van der Waals surface area contributed by atoms with E-state index in [-0.39, 0.29) is 25.7 Å². The molecule has 19 heteroatoms. The lowest BCUT2D eigenvalue weighted by molar-refractivity contribution is -0.161. The first-order chi connectivity index (χ1) is 50.0. The minimum atomic E-state index is -4.96. The van der Waals surface area contributed by atoms with E-state index in [2.05, 4.69) is 34.6 Å². The van der Waals surface area contributed by atoms with E-state index in [1.807, 2.05) is 0 Å². The number of carbonyl (C=O) groups excluding carboxylic acids is 4. The molecule has 103 heavy (non-hydrogen) atoms. The lowest BCUT2D eigenvalue weighted by atomic mass is 10.0. The van der Waals surface area contributed by atoms with Gasteiger partial charge in [-0.2, -0.15) is 0 Å². The number of carbonyl (C=O) groups is 4. The molecule has 0 fully saturated rings. The Morgan fingerprint density at radius 1 is 0.262 bits per heavy atom. The fourth-order valence-corrected chi connectivity index (χ4v) is 14.7. The summed E-state index contributed by atoms with van der Waals surface area (Å²) in [6, 6.07) is 0. The van der Waals surface area contributed by atoms with E-state index >= 15 is 0 Å². The van der Waals surface area contributed by atoms with Gasteiger partial charge < -0.3 is 33.8 Å². The number of phosphoric ester groups is 2. The van der Waals surface area contributed by atoms with Gasteiger partial charge in [0.25, 0.3) is 0 Å². The van der Waals surface area contributed by atoms with E-state index in [0.717, 1.165) is 95.8 Å². The Balaban J connectivity index is 5.21. The highest BCUT2D eigenvalue weighted by atomic mass is 31.2. The molecule has 5 atom stereocenters. The van der Waals surface area contributed by atoms with Gasteiger partial charge in [0.2, 0.25) is 0 Å². The molecule has 2 unspecified atom stereocenters. The smallest absolute Gasteiger partial charge is 0.462 e. The van der Waals surface area contributed by atoms with Crippen LogP contribution < -0.4 is 0 Å². The van der Waals surface area contributed by atoms with Crippen molar-refractivity contribution in [3.8, 4) is 0 Å². The van der Waals surface area contributed by atoms with E-state index in [1.54, 1.807) is 0 Å². The molecule has 0 aliphatic rings. The quantitative estimate of drug-likeness (QED) is 0.0222. The summed E-state index contributed by atoms with van der Waals surface area (Å²) in [4.78, 5) is 73.1. The molecule has 17 nitrogen and oxygen atoms in total. The maximum Gasteiger partial charge on any atom is 0.472 e. The lowest BCUT2D eigenvalue weighted by Gasteiger charge is -2.21. The van der Waals surface area contributed by atoms with Gasteiger partial charge in [-0.05, 0) is 31.6 Å². The van der Waals surface area contributed by atoms with Gasteiger partial charge in [-0.1, -0.05) is 401 Å². The molecule has 0 aromatic carbocycles. The van der Waals surface area contributed by atoms with E-state index in [0.29, 0.717) is 25.7 Å². The summed E-state index contributed by atoms with van der Waals surface area (Å²) in [6.45, 7) is 7.38. The van der Waals surface area contributed by atoms with Crippen LogP contribution >= 0.6 is 15.6 Å². The number of hydrogen-bond donors (Lipinski definition) is 3. The normalized spacial score (nSPS) is 13.8. The summed E-state index contributed by atoms with van der Waals surface area (Å²) in [6.07, 6.45) is 69.4. The molecule has 0 aliphatic carbocycles. The first-order valence-electron chi connectivity index (χ1n) is 43.6. The van der Waals surface area contributed by atoms with E-state index < -0.39 is 97.5 Å². The van der Waals surface area contributed by atoms with Crippen LogP contribution in [0.4, 0.5) is 0 Å². The van der Waals surface area contributed by atoms with Crippen molar-refractivity contribution in [2.24, 2.45) is 5.92 Å². The van der Waals surface area contributed by atoms with Crippen LogP contribution in [0.2, 0.25) is 0 Å². The number of phosphoric acid groups is 2. The Kier molecular flexibility index (Phi) is 75.4. The molecule has 0 rings (SSSR count). The van der Waals surface area contributed by atoms with Crippen molar-refractivity contribution in [1.82, 2.24) is 0 Å². The maximum atomic E-state index is 13.1. The third kappa shape index (κ3) is 78.0. The minimum absolute atomic E-state index is 0.108. The molecule has 0 aromatic rings. The standard InChI is InChI=1S/C84H164O17P2/c1-6-9-12-15-18-21-24-26-27-28-29-30-31-32-37-40-45-50-55-60-65-70-84(89)101-80(74-95-82(87)68-63-58-53-48-44-39-36-34-33-35-38-42-46-51-56-61-66-77(4)5)76-99-103(92,93)97-72-78(85)71-96-102(90,91)98-75-79(73-94-81(86)67-62-57-52-47-41-23-20-17-14-11-8-3)100-83(88)69-64-59-54-49-43-25-22-19-16-13-10-7-2/h77-80,85H,6-76H2,1-5H3,(H,90,91)(H,92,93)/t78-,79+,80+/m0/s1. The van der Waals surface area contributed by atoms with Crippen molar-refractivity contribution in [3.05, 3.63) is 0 Å². The predicted octanol–water partition coefficient (Wildman–Crippen LogP) is 25.6. The van der Waals surface area contributed by atoms with Crippen molar-refractivity contribution < 1.29 is 80.2 Å². The first-order valence-corrected chi connectivity index (χ1v) is 46.6. The molecule has 0 saturated heterocycles. The highest BCUT2D eigenvalue weighted by Crippen LogP contribution is 2.45. The maximum absolute atomic E-state index is 13.1. The van der Waals surface area contributed by atoms with Gasteiger partial charge in [0.1, 0.15) is 19.3 Å². The first kappa shape index (κ1) is 101. The fraction of sp³-hybridized carbons (Fsp3) is 0.952. The summed E-state index contributed by atoms with van der Waals surface area (Å²) >= 11 is 0. The van der Waals surface area contributed by atoms with Crippen LogP contribution in [0.1, 0.15) is 452 Å². The van der Waals surface area contributed by atoms with Crippen molar-refractivity contribution in [2.75, 3.05) is 39.6 Å². The second-order valence-corrected chi connectivity index (χ2v) is 33.6. The number of aliphatic hydroxyl groups is 1. The van der Waals surface area contributed by atoms with Crippen molar-refractivity contribution in [3.63, 3.8) is 0 Å². The number of hydrogen-bond acceptors (Lipinski definition) is 15. The van der Waals surface area contributed by atoms with E-state index in [9.17, 15) is 43.2 Å². The minimum Gasteiger partial charge on any atom is -0.462 e. The molecule has 0 bridgehead atoms. The molecular formula is C84H164O17P2. The second kappa shape index (κ2) is 76.8. The third-order valence-electron chi connectivity index (χ3n) is 19.8. The zero-order valence-corrected chi connectivity index (χ0v) is 69.3.